The topological polar surface area (TPSA) is 85.6 Å². The lowest BCUT2D eigenvalue weighted by Gasteiger charge is -2.38. The predicted octanol–water partition coefficient (Wildman–Crippen LogP) is 3.39. The molecule has 7 nitrogen and oxygen atoms in total. The van der Waals surface area contributed by atoms with Gasteiger partial charge in [-0.1, -0.05) is 19.9 Å². The molecule has 0 amide bonds. The summed E-state index contributed by atoms with van der Waals surface area (Å²) in [6.45, 7) is 4.24. The zero-order valence-corrected chi connectivity index (χ0v) is 15.8. The Balaban J connectivity index is 1.69. The van der Waals surface area contributed by atoms with E-state index in [0.29, 0.717) is 18.2 Å². The summed E-state index contributed by atoms with van der Waals surface area (Å²) in [5.41, 5.74) is 3.44. The summed E-state index contributed by atoms with van der Waals surface area (Å²) in [5.74, 6) is 1.40. The van der Waals surface area contributed by atoms with Crippen molar-refractivity contribution in [2.45, 2.75) is 32.7 Å². The fourth-order valence-corrected chi connectivity index (χ4v) is 4.08. The Bertz CT molecular complexity index is 1080. The molecule has 1 unspecified atom stereocenters. The van der Waals surface area contributed by atoms with Crippen LogP contribution in [0.2, 0.25) is 0 Å². The average molecular weight is 372 g/mol. The molecule has 0 bridgehead atoms. The first-order valence-electron chi connectivity index (χ1n) is 9.32. The molecule has 140 valence electrons. The normalized spacial score (nSPS) is 20.4. The highest BCUT2D eigenvalue weighted by Gasteiger charge is 2.41. The summed E-state index contributed by atoms with van der Waals surface area (Å²) in [4.78, 5) is 26.2. The van der Waals surface area contributed by atoms with Gasteiger partial charge >= 0.3 is 0 Å². The minimum Gasteiger partial charge on any atom is -0.328 e. The van der Waals surface area contributed by atoms with Crippen molar-refractivity contribution in [2.24, 2.45) is 5.41 Å². The molecule has 28 heavy (non-hydrogen) atoms. The van der Waals surface area contributed by atoms with E-state index < -0.39 is 0 Å². The van der Waals surface area contributed by atoms with E-state index in [1.807, 2.05) is 28.9 Å². The number of Topliss-reactive ketones (excluding diaryl/α,β-unsaturated/α-hetero) is 1. The highest BCUT2D eigenvalue weighted by Crippen LogP contribution is 2.45. The van der Waals surface area contributed by atoms with Gasteiger partial charge in [0.2, 0.25) is 5.95 Å². The van der Waals surface area contributed by atoms with E-state index in [9.17, 15) is 4.79 Å². The Hall–Kier alpha value is -3.35. The Labute approximate surface area is 162 Å². The Morgan fingerprint density at radius 2 is 1.93 bits per heavy atom. The number of rotatable bonds is 2. The molecule has 1 N–H and O–H groups in total. The highest BCUT2D eigenvalue weighted by atomic mass is 16.1. The Morgan fingerprint density at radius 3 is 2.68 bits per heavy atom. The molecular weight excluding hydrogens is 352 g/mol. The second-order valence-corrected chi connectivity index (χ2v) is 8.09. The van der Waals surface area contributed by atoms with Crippen LogP contribution in [-0.4, -0.2) is 30.5 Å². The number of hydrogen-bond acceptors (Lipinski definition) is 6. The molecule has 0 saturated carbocycles. The van der Waals surface area contributed by atoms with Crippen LogP contribution >= 0.6 is 0 Å². The molecule has 7 heteroatoms. The van der Waals surface area contributed by atoms with E-state index in [-0.39, 0.29) is 17.2 Å². The minimum atomic E-state index is -0.327. The summed E-state index contributed by atoms with van der Waals surface area (Å²) in [6, 6.07) is 7.30. The van der Waals surface area contributed by atoms with Crippen LogP contribution in [0.1, 0.15) is 38.3 Å². The number of aromatic nitrogens is 5. The lowest BCUT2D eigenvalue weighted by molar-refractivity contribution is -0.118. The quantitative estimate of drug-likeness (QED) is 0.742. The Morgan fingerprint density at radius 1 is 1.11 bits per heavy atom. The highest BCUT2D eigenvalue weighted by molar-refractivity contribution is 6.00. The van der Waals surface area contributed by atoms with E-state index in [0.717, 1.165) is 28.8 Å². The van der Waals surface area contributed by atoms with Crippen LogP contribution < -0.4 is 5.32 Å². The zero-order chi connectivity index (χ0) is 19.3. The van der Waals surface area contributed by atoms with Crippen molar-refractivity contribution in [3.05, 3.63) is 65.9 Å². The van der Waals surface area contributed by atoms with Crippen molar-refractivity contribution in [2.75, 3.05) is 5.32 Å². The van der Waals surface area contributed by atoms with Crippen molar-refractivity contribution >= 4 is 11.7 Å². The number of ketones is 1. The number of anilines is 1. The third-order valence-electron chi connectivity index (χ3n) is 5.27. The summed E-state index contributed by atoms with van der Waals surface area (Å²) in [7, 11) is 0. The molecule has 0 radical (unpaired) electrons. The van der Waals surface area contributed by atoms with Crippen molar-refractivity contribution in [3.8, 4) is 11.4 Å². The van der Waals surface area contributed by atoms with Crippen LogP contribution in [-0.2, 0) is 4.79 Å². The van der Waals surface area contributed by atoms with Crippen LogP contribution in [0.25, 0.3) is 11.4 Å². The van der Waals surface area contributed by atoms with Crippen LogP contribution in [0.3, 0.4) is 0 Å². The molecule has 0 aromatic carbocycles. The number of allylic oxidation sites excluding steroid dienone is 2. The molecule has 1 aliphatic heterocycles. The van der Waals surface area contributed by atoms with Gasteiger partial charge in [0.15, 0.2) is 11.6 Å². The number of carbonyl (C=O) groups excluding carboxylic acids is 1. The zero-order valence-electron chi connectivity index (χ0n) is 15.8. The van der Waals surface area contributed by atoms with Gasteiger partial charge < -0.3 is 5.32 Å². The van der Waals surface area contributed by atoms with E-state index in [1.54, 1.807) is 24.8 Å². The number of pyridine rings is 2. The van der Waals surface area contributed by atoms with Gasteiger partial charge in [-0.3, -0.25) is 14.8 Å². The number of carbonyl (C=O) groups is 1. The van der Waals surface area contributed by atoms with Crippen LogP contribution in [0.4, 0.5) is 5.95 Å². The molecule has 4 heterocycles. The predicted molar refractivity (Wildman–Crippen MR) is 104 cm³/mol. The standard InChI is InChI=1S/C21H20N6O/c1-21(2)10-15-17(16(28)11-21)18(14-4-3-7-23-12-14)27-20(24-15)25-19(26-27)13-5-8-22-9-6-13/h3-9,12,18H,10-11H2,1-2H3,(H,24,25,26). The monoisotopic (exact) mass is 372 g/mol. The number of nitrogens with zero attached hydrogens (tertiary/aromatic N) is 5. The van der Waals surface area contributed by atoms with E-state index in [2.05, 4.69) is 29.1 Å². The van der Waals surface area contributed by atoms with Gasteiger partial charge in [-0.05, 0) is 35.6 Å². The van der Waals surface area contributed by atoms with Gasteiger partial charge in [0, 0.05) is 48.0 Å². The van der Waals surface area contributed by atoms with E-state index in [4.69, 9.17) is 10.1 Å². The number of fused-ring (bicyclic) bond motifs is 1. The first-order chi connectivity index (χ1) is 13.5. The average Bonchev–Trinajstić information content (AvgIpc) is 3.10. The molecule has 5 rings (SSSR count). The minimum absolute atomic E-state index is 0.0848. The van der Waals surface area contributed by atoms with Crippen molar-refractivity contribution in [1.29, 1.82) is 0 Å². The van der Waals surface area contributed by atoms with Crippen LogP contribution in [0, 0.1) is 5.41 Å². The fraction of sp³-hybridized carbons (Fsp3) is 0.286. The lowest BCUT2D eigenvalue weighted by atomic mass is 9.73. The molecule has 0 spiro atoms. The van der Waals surface area contributed by atoms with Gasteiger partial charge in [-0.2, -0.15) is 4.98 Å². The Kier molecular flexibility index (Phi) is 3.65. The molecule has 1 aliphatic carbocycles. The van der Waals surface area contributed by atoms with Crippen molar-refractivity contribution < 1.29 is 4.79 Å². The van der Waals surface area contributed by atoms with Gasteiger partial charge in [0.25, 0.3) is 0 Å². The summed E-state index contributed by atoms with van der Waals surface area (Å²) < 4.78 is 1.81. The van der Waals surface area contributed by atoms with E-state index in [1.165, 1.54) is 0 Å². The first kappa shape index (κ1) is 16.8. The van der Waals surface area contributed by atoms with Crippen molar-refractivity contribution in [1.82, 2.24) is 24.7 Å². The third-order valence-corrected chi connectivity index (χ3v) is 5.27. The smallest absolute Gasteiger partial charge is 0.226 e. The second kappa shape index (κ2) is 6.09. The summed E-state index contributed by atoms with van der Waals surface area (Å²) in [6.07, 6.45) is 8.28. The molecule has 0 saturated heterocycles. The summed E-state index contributed by atoms with van der Waals surface area (Å²) >= 11 is 0. The van der Waals surface area contributed by atoms with Gasteiger partial charge in [0.1, 0.15) is 6.04 Å². The molecule has 3 aromatic rings. The summed E-state index contributed by atoms with van der Waals surface area (Å²) in [5, 5.41) is 8.13. The lowest BCUT2D eigenvalue weighted by Crippen LogP contribution is -2.36. The van der Waals surface area contributed by atoms with Crippen molar-refractivity contribution in [3.63, 3.8) is 0 Å². The maximum absolute atomic E-state index is 13.1. The van der Waals surface area contributed by atoms with Gasteiger partial charge in [0.05, 0.1) is 0 Å². The molecule has 1 atom stereocenters. The van der Waals surface area contributed by atoms with E-state index >= 15 is 0 Å². The van der Waals surface area contributed by atoms with Crippen LogP contribution in [0.5, 0.6) is 0 Å². The maximum atomic E-state index is 13.1. The molecular formula is C21H20N6O. The third kappa shape index (κ3) is 2.70. The SMILES string of the molecule is CC1(C)CC(=O)C2=C(C1)Nc1nc(-c3ccncc3)nn1C2c1cccnc1. The van der Waals surface area contributed by atoms with Crippen LogP contribution in [0.15, 0.2) is 60.3 Å². The number of hydrogen-bond donors (Lipinski definition) is 1. The largest absolute Gasteiger partial charge is 0.328 e. The fourth-order valence-electron chi connectivity index (χ4n) is 4.08. The van der Waals surface area contributed by atoms with Gasteiger partial charge in [-0.25, -0.2) is 4.68 Å². The second-order valence-electron chi connectivity index (χ2n) is 8.09. The number of nitrogens with one attached hydrogen (secondary N) is 1. The molecule has 2 aliphatic rings. The molecule has 0 fully saturated rings. The molecule has 3 aromatic heterocycles. The first-order valence-corrected chi connectivity index (χ1v) is 9.32. The maximum Gasteiger partial charge on any atom is 0.226 e. The van der Waals surface area contributed by atoms with Gasteiger partial charge in [-0.15, -0.1) is 5.10 Å².